The number of nitrogens with zero attached hydrogens (tertiary/aromatic N) is 2. The van der Waals surface area contributed by atoms with Gasteiger partial charge in [0.25, 0.3) is 0 Å². The van der Waals surface area contributed by atoms with Crippen LogP contribution in [0.2, 0.25) is 0 Å². The summed E-state index contributed by atoms with van der Waals surface area (Å²) >= 11 is 0. The molecule has 1 aliphatic rings. The molecule has 2 aromatic carbocycles. The number of benzene rings is 2. The Morgan fingerprint density at radius 1 is 1.26 bits per heavy atom. The second kappa shape index (κ2) is 9.98. The molecule has 2 atom stereocenters. The quantitative estimate of drug-likeness (QED) is 0.441. The third-order valence-corrected chi connectivity index (χ3v) is 7.62. The van der Waals surface area contributed by atoms with Crippen LogP contribution in [-0.2, 0) is 10.0 Å². The molecule has 1 aromatic heterocycles. The molecule has 3 aromatic rings. The van der Waals surface area contributed by atoms with Crippen molar-refractivity contribution in [1.82, 2.24) is 14.7 Å². The van der Waals surface area contributed by atoms with E-state index in [9.17, 15) is 12.8 Å². The van der Waals surface area contributed by atoms with Gasteiger partial charge < -0.3 is 20.1 Å². The van der Waals surface area contributed by atoms with Crippen LogP contribution < -0.4 is 24.8 Å². The number of halogens is 1. The van der Waals surface area contributed by atoms with Crippen LogP contribution in [0.3, 0.4) is 0 Å². The van der Waals surface area contributed by atoms with E-state index in [0.717, 1.165) is 18.4 Å². The van der Waals surface area contributed by atoms with Crippen LogP contribution in [0.1, 0.15) is 31.4 Å². The fourth-order valence-electron chi connectivity index (χ4n) is 3.89. The molecule has 182 valence electrons. The number of ether oxygens (including phenoxy) is 2. The maximum atomic E-state index is 13.8. The number of sulfonamides is 1. The zero-order chi connectivity index (χ0) is 24.3. The highest BCUT2D eigenvalue weighted by Crippen LogP contribution is 2.35. The molecule has 0 spiro atoms. The number of fused-ring (bicyclic) bond motifs is 2. The van der Waals surface area contributed by atoms with Crippen molar-refractivity contribution in [3.63, 3.8) is 0 Å². The molecule has 1 aliphatic heterocycles. The molecule has 1 unspecified atom stereocenters. The summed E-state index contributed by atoms with van der Waals surface area (Å²) in [5.41, 5.74) is 1.41. The number of nitrogens with one attached hydrogen (secondary N) is 3. The van der Waals surface area contributed by atoms with E-state index < -0.39 is 15.3 Å². The highest BCUT2D eigenvalue weighted by Gasteiger charge is 2.23. The van der Waals surface area contributed by atoms with E-state index in [2.05, 4.69) is 25.3 Å². The van der Waals surface area contributed by atoms with Gasteiger partial charge in [0, 0.05) is 23.6 Å². The Balaban J connectivity index is 1.71. The van der Waals surface area contributed by atoms with Crippen molar-refractivity contribution in [3.05, 3.63) is 47.8 Å². The number of anilines is 2. The Bertz CT molecular complexity index is 1290. The van der Waals surface area contributed by atoms with Gasteiger partial charge in [-0.1, -0.05) is 12.1 Å². The van der Waals surface area contributed by atoms with Crippen molar-refractivity contribution < 1.29 is 22.3 Å². The highest BCUT2D eigenvalue weighted by molar-refractivity contribution is 7.90. The summed E-state index contributed by atoms with van der Waals surface area (Å²) in [6, 6.07) is 9.77. The standard InChI is InChI=1S/C23H28FN5O4S/c1-14(34(30,31)25-2)13-26-22-17-6-4-8-19(32-3)21(17)28-23(29-22)27-18-7-5-11-33-20-12-15(24)9-10-16(18)20/h4,6,8-10,12,14,18,25H,5,7,11,13H2,1-3H3,(H2,26,27,28,29)/t14-,18?/m0/s1. The van der Waals surface area contributed by atoms with Gasteiger partial charge in [-0.3, -0.25) is 0 Å². The number of methoxy groups -OCH3 is 1. The first-order chi connectivity index (χ1) is 16.3. The molecule has 0 bridgehead atoms. The Morgan fingerprint density at radius 2 is 2.09 bits per heavy atom. The first-order valence-electron chi connectivity index (χ1n) is 11.0. The third-order valence-electron chi connectivity index (χ3n) is 5.83. The average molecular weight is 490 g/mol. The molecule has 0 radical (unpaired) electrons. The molecular weight excluding hydrogens is 461 g/mol. The molecule has 0 aliphatic carbocycles. The number of para-hydroxylation sites is 1. The van der Waals surface area contributed by atoms with Gasteiger partial charge in [0.05, 0.1) is 25.0 Å². The van der Waals surface area contributed by atoms with Crippen molar-refractivity contribution in [3.8, 4) is 11.5 Å². The van der Waals surface area contributed by atoms with Crippen LogP contribution in [0, 0.1) is 5.82 Å². The smallest absolute Gasteiger partial charge is 0.225 e. The first kappa shape index (κ1) is 24.0. The Hall–Kier alpha value is -3.18. The molecule has 4 rings (SSSR count). The second-order valence-electron chi connectivity index (χ2n) is 8.06. The van der Waals surface area contributed by atoms with E-state index in [1.165, 1.54) is 19.2 Å². The fraction of sp³-hybridized carbons (Fsp3) is 0.391. The van der Waals surface area contributed by atoms with Crippen molar-refractivity contribution in [2.45, 2.75) is 31.1 Å². The fourth-order valence-corrected chi connectivity index (χ4v) is 4.60. The zero-order valence-corrected chi connectivity index (χ0v) is 20.1. The number of hydrogen-bond acceptors (Lipinski definition) is 8. The van der Waals surface area contributed by atoms with Gasteiger partial charge in [-0.05, 0) is 45.0 Å². The van der Waals surface area contributed by atoms with Crippen LogP contribution in [0.15, 0.2) is 36.4 Å². The molecule has 11 heteroatoms. The van der Waals surface area contributed by atoms with Gasteiger partial charge in [0.2, 0.25) is 16.0 Å². The summed E-state index contributed by atoms with van der Waals surface area (Å²) < 4.78 is 51.6. The lowest BCUT2D eigenvalue weighted by atomic mass is 10.0. The molecule has 9 nitrogen and oxygen atoms in total. The SMILES string of the molecule is CNS(=O)(=O)[C@@H](C)CNc1nc(NC2CCCOc3cc(F)ccc32)nc2c(OC)cccc12. The summed E-state index contributed by atoms with van der Waals surface area (Å²) in [6.45, 7) is 2.25. The minimum absolute atomic E-state index is 0.144. The van der Waals surface area contributed by atoms with E-state index in [4.69, 9.17) is 9.47 Å². The predicted molar refractivity (Wildman–Crippen MR) is 130 cm³/mol. The lowest BCUT2D eigenvalue weighted by Gasteiger charge is -2.20. The minimum Gasteiger partial charge on any atom is -0.494 e. The molecule has 0 amide bonds. The Labute approximate surface area is 198 Å². The number of rotatable bonds is 8. The van der Waals surface area contributed by atoms with Crippen molar-refractivity contribution >= 4 is 32.7 Å². The summed E-state index contributed by atoms with van der Waals surface area (Å²) in [5, 5.41) is 6.52. The maximum Gasteiger partial charge on any atom is 0.225 e. The van der Waals surface area contributed by atoms with Crippen LogP contribution >= 0.6 is 0 Å². The van der Waals surface area contributed by atoms with E-state index in [1.807, 2.05) is 12.1 Å². The van der Waals surface area contributed by atoms with Crippen LogP contribution in [0.5, 0.6) is 11.5 Å². The molecule has 34 heavy (non-hydrogen) atoms. The molecule has 0 saturated heterocycles. The van der Waals surface area contributed by atoms with E-state index in [1.54, 1.807) is 26.2 Å². The topological polar surface area (TPSA) is 114 Å². The highest BCUT2D eigenvalue weighted by atomic mass is 32.2. The first-order valence-corrected chi connectivity index (χ1v) is 12.6. The lowest BCUT2D eigenvalue weighted by molar-refractivity contribution is 0.315. The average Bonchev–Trinajstić information content (AvgIpc) is 3.03. The van der Waals surface area contributed by atoms with Crippen LogP contribution in [0.25, 0.3) is 10.9 Å². The second-order valence-corrected chi connectivity index (χ2v) is 10.4. The largest absolute Gasteiger partial charge is 0.494 e. The van der Waals surface area contributed by atoms with Crippen LogP contribution in [0.4, 0.5) is 16.2 Å². The Morgan fingerprint density at radius 3 is 2.85 bits per heavy atom. The molecule has 3 N–H and O–H groups in total. The predicted octanol–water partition coefficient (Wildman–Crippen LogP) is 3.45. The maximum absolute atomic E-state index is 13.8. The van der Waals surface area contributed by atoms with Gasteiger partial charge in [-0.15, -0.1) is 0 Å². The number of hydrogen-bond donors (Lipinski definition) is 3. The van der Waals surface area contributed by atoms with Crippen molar-refractivity contribution in [1.29, 1.82) is 0 Å². The van der Waals surface area contributed by atoms with Gasteiger partial charge >= 0.3 is 0 Å². The number of aromatic nitrogens is 2. The van der Waals surface area contributed by atoms with Crippen molar-refractivity contribution in [2.75, 3.05) is 37.9 Å². The van der Waals surface area contributed by atoms with Gasteiger partial charge in [0.1, 0.15) is 28.7 Å². The molecule has 0 fully saturated rings. The monoisotopic (exact) mass is 489 g/mol. The lowest BCUT2D eigenvalue weighted by Crippen LogP contribution is -2.34. The van der Waals surface area contributed by atoms with E-state index in [-0.39, 0.29) is 18.4 Å². The normalized spacial score (nSPS) is 16.8. The summed E-state index contributed by atoms with van der Waals surface area (Å²) in [5.74, 6) is 1.52. The molecule has 0 saturated carbocycles. The van der Waals surface area contributed by atoms with Gasteiger partial charge in [-0.2, -0.15) is 4.98 Å². The van der Waals surface area contributed by atoms with Gasteiger partial charge in [0.15, 0.2) is 0 Å². The summed E-state index contributed by atoms with van der Waals surface area (Å²) in [6.07, 6.45) is 1.52. The minimum atomic E-state index is -3.45. The molecule has 2 heterocycles. The Kier molecular flexibility index (Phi) is 7.03. The van der Waals surface area contributed by atoms with E-state index in [0.29, 0.717) is 40.8 Å². The zero-order valence-electron chi connectivity index (χ0n) is 19.3. The van der Waals surface area contributed by atoms with Gasteiger partial charge in [-0.25, -0.2) is 22.5 Å². The third kappa shape index (κ3) is 5.00. The van der Waals surface area contributed by atoms with Crippen molar-refractivity contribution in [2.24, 2.45) is 0 Å². The summed E-state index contributed by atoms with van der Waals surface area (Å²) in [7, 11) is -0.500. The molecular formula is C23H28FN5O4S. The van der Waals surface area contributed by atoms with Crippen LogP contribution in [-0.4, -0.2) is 50.9 Å². The summed E-state index contributed by atoms with van der Waals surface area (Å²) in [4.78, 5) is 9.33. The van der Waals surface area contributed by atoms with E-state index >= 15 is 0 Å².